The minimum Gasteiger partial charge on any atom is -0.469 e. The number of methoxy groups -OCH3 is 1. The molecule has 110 valence electrons. The molecule has 0 aromatic heterocycles. The van der Waals surface area contributed by atoms with Gasteiger partial charge in [0.2, 0.25) is 10.0 Å². The number of esters is 1. The smallest absolute Gasteiger partial charge is 0.309 e. The molecule has 0 spiro atoms. The maximum atomic E-state index is 12.1. The van der Waals surface area contributed by atoms with Crippen molar-refractivity contribution in [2.45, 2.75) is 37.1 Å². The van der Waals surface area contributed by atoms with Crippen molar-refractivity contribution in [2.24, 2.45) is 5.92 Å². The molecule has 6 heteroatoms. The molecule has 0 aliphatic heterocycles. The number of ether oxygens (including phenoxy) is 1. The summed E-state index contributed by atoms with van der Waals surface area (Å²) in [6, 6.07) is 6.37. The number of sulfonamides is 1. The minimum absolute atomic E-state index is 0.0692. The van der Waals surface area contributed by atoms with Crippen molar-refractivity contribution in [1.82, 2.24) is 4.72 Å². The molecule has 0 radical (unpaired) electrons. The lowest BCUT2D eigenvalue weighted by Gasteiger charge is -2.07. The van der Waals surface area contributed by atoms with E-state index >= 15 is 0 Å². The van der Waals surface area contributed by atoms with Gasteiger partial charge < -0.3 is 4.74 Å². The first-order valence-corrected chi connectivity index (χ1v) is 8.12. The Labute approximate surface area is 119 Å². The average molecular weight is 297 g/mol. The van der Waals surface area contributed by atoms with Gasteiger partial charge in [0.15, 0.2) is 0 Å². The summed E-state index contributed by atoms with van der Waals surface area (Å²) >= 11 is 0. The zero-order valence-corrected chi connectivity index (χ0v) is 12.4. The second kappa shape index (κ2) is 5.93. The Bertz CT molecular complexity index is 580. The highest BCUT2D eigenvalue weighted by atomic mass is 32.2. The van der Waals surface area contributed by atoms with Crippen molar-refractivity contribution in [3.8, 4) is 0 Å². The van der Waals surface area contributed by atoms with Crippen LogP contribution in [0.3, 0.4) is 0 Å². The first-order valence-electron chi connectivity index (χ1n) is 6.64. The lowest BCUT2D eigenvalue weighted by molar-refractivity contribution is -0.139. The fraction of sp³-hybridized carbons (Fsp3) is 0.500. The van der Waals surface area contributed by atoms with Crippen molar-refractivity contribution in [2.75, 3.05) is 7.11 Å². The van der Waals surface area contributed by atoms with Crippen molar-refractivity contribution < 1.29 is 17.9 Å². The van der Waals surface area contributed by atoms with Crippen LogP contribution in [0, 0.1) is 5.92 Å². The number of carbonyl (C=O) groups is 1. The topological polar surface area (TPSA) is 72.5 Å². The van der Waals surface area contributed by atoms with E-state index in [9.17, 15) is 13.2 Å². The van der Waals surface area contributed by atoms with E-state index in [-0.39, 0.29) is 23.3 Å². The van der Waals surface area contributed by atoms with Crippen molar-refractivity contribution in [3.63, 3.8) is 0 Å². The zero-order valence-electron chi connectivity index (χ0n) is 11.6. The average Bonchev–Trinajstić information content (AvgIpc) is 3.16. The molecule has 2 atom stereocenters. The van der Waals surface area contributed by atoms with E-state index in [0.717, 1.165) is 18.4 Å². The maximum absolute atomic E-state index is 12.1. The molecular weight excluding hydrogens is 278 g/mol. The predicted octanol–water partition coefficient (Wildman–Crippen LogP) is 1.48. The molecular formula is C14H19NO4S. The summed E-state index contributed by atoms with van der Waals surface area (Å²) in [5, 5.41) is 0. The highest BCUT2D eigenvalue weighted by Gasteiger charge is 2.38. The molecule has 1 N–H and O–H groups in total. The van der Waals surface area contributed by atoms with Gasteiger partial charge in [0.1, 0.15) is 0 Å². The van der Waals surface area contributed by atoms with Gasteiger partial charge in [-0.1, -0.05) is 25.5 Å². The summed E-state index contributed by atoms with van der Waals surface area (Å²) < 4.78 is 31.5. The second-order valence-corrected chi connectivity index (χ2v) is 6.74. The van der Waals surface area contributed by atoms with E-state index in [1.165, 1.54) is 19.2 Å². The van der Waals surface area contributed by atoms with Crippen molar-refractivity contribution in [1.29, 1.82) is 0 Å². The first kappa shape index (κ1) is 15.0. The van der Waals surface area contributed by atoms with E-state index in [1.807, 2.05) is 0 Å². The monoisotopic (exact) mass is 297 g/mol. The van der Waals surface area contributed by atoms with E-state index in [2.05, 4.69) is 16.4 Å². The fourth-order valence-electron chi connectivity index (χ4n) is 2.14. The van der Waals surface area contributed by atoms with Crippen LogP contribution in [-0.4, -0.2) is 27.5 Å². The number of benzene rings is 1. The van der Waals surface area contributed by atoms with Crippen LogP contribution in [-0.2, 0) is 26.0 Å². The molecule has 20 heavy (non-hydrogen) atoms. The molecule has 1 fully saturated rings. The summed E-state index contributed by atoms with van der Waals surface area (Å²) in [5.41, 5.74) is 0.730. The van der Waals surface area contributed by atoms with Crippen LogP contribution in [0.4, 0.5) is 0 Å². The molecule has 1 saturated carbocycles. The van der Waals surface area contributed by atoms with Gasteiger partial charge in [0.05, 0.1) is 18.4 Å². The standard InChI is InChI=1S/C14H19NO4S/c1-3-11-9-13(11)15-20(17,18)12-6-4-10(5-7-12)8-14(16)19-2/h4-7,11,13,15H,3,8-9H2,1-2H3. The molecule has 1 aromatic rings. The van der Waals surface area contributed by atoms with Gasteiger partial charge in [-0.05, 0) is 30.0 Å². The van der Waals surface area contributed by atoms with E-state index in [4.69, 9.17) is 0 Å². The third-order valence-electron chi connectivity index (χ3n) is 3.56. The number of hydrogen-bond donors (Lipinski definition) is 1. The first-order chi connectivity index (χ1) is 9.46. The zero-order chi connectivity index (χ0) is 14.8. The van der Waals surface area contributed by atoms with Crippen LogP contribution in [0.15, 0.2) is 29.2 Å². The lowest BCUT2D eigenvalue weighted by atomic mass is 10.2. The largest absolute Gasteiger partial charge is 0.469 e. The summed E-state index contributed by atoms with van der Waals surface area (Å²) in [6.07, 6.45) is 2.05. The van der Waals surface area contributed by atoms with Crippen molar-refractivity contribution in [3.05, 3.63) is 29.8 Å². The third-order valence-corrected chi connectivity index (χ3v) is 5.07. The normalized spacial score (nSPS) is 21.5. The Balaban J connectivity index is 2.03. The molecule has 0 amide bonds. The number of nitrogens with one attached hydrogen (secondary N) is 1. The molecule has 0 saturated heterocycles. The Morgan fingerprint density at radius 3 is 2.50 bits per heavy atom. The van der Waals surface area contributed by atoms with Gasteiger partial charge in [-0.15, -0.1) is 0 Å². The molecule has 2 rings (SSSR count). The third kappa shape index (κ3) is 3.58. The van der Waals surface area contributed by atoms with E-state index in [0.29, 0.717) is 5.92 Å². The molecule has 0 bridgehead atoms. The molecule has 1 aliphatic carbocycles. The Kier molecular flexibility index (Phi) is 4.45. The van der Waals surface area contributed by atoms with Gasteiger partial charge in [0, 0.05) is 6.04 Å². The van der Waals surface area contributed by atoms with Gasteiger partial charge >= 0.3 is 5.97 Å². The van der Waals surface area contributed by atoms with Crippen LogP contribution in [0.2, 0.25) is 0 Å². The summed E-state index contributed by atoms with van der Waals surface area (Å²) in [6.45, 7) is 2.06. The summed E-state index contributed by atoms with van der Waals surface area (Å²) in [4.78, 5) is 11.4. The van der Waals surface area contributed by atoms with Gasteiger partial charge in [-0.2, -0.15) is 0 Å². The van der Waals surface area contributed by atoms with Gasteiger partial charge in [0.25, 0.3) is 0 Å². The molecule has 5 nitrogen and oxygen atoms in total. The Morgan fingerprint density at radius 2 is 2.00 bits per heavy atom. The number of hydrogen-bond acceptors (Lipinski definition) is 4. The van der Waals surface area contributed by atoms with Crippen LogP contribution >= 0.6 is 0 Å². The Morgan fingerprint density at radius 1 is 1.35 bits per heavy atom. The quantitative estimate of drug-likeness (QED) is 0.807. The maximum Gasteiger partial charge on any atom is 0.309 e. The van der Waals surface area contributed by atoms with Gasteiger partial charge in [-0.25, -0.2) is 13.1 Å². The van der Waals surface area contributed by atoms with Crippen molar-refractivity contribution >= 4 is 16.0 Å². The fourth-order valence-corrected chi connectivity index (χ4v) is 3.45. The number of rotatable bonds is 6. The second-order valence-electron chi connectivity index (χ2n) is 5.03. The summed E-state index contributed by atoms with van der Waals surface area (Å²) in [5.74, 6) is 0.117. The highest BCUT2D eigenvalue weighted by molar-refractivity contribution is 7.89. The minimum atomic E-state index is -3.46. The predicted molar refractivity (Wildman–Crippen MR) is 74.7 cm³/mol. The highest BCUT2D eigenvalue weighted by Crippen LogP contribution is 2.34. The SMILES string of the molecule is CCC1CC1NS(=O)(=O)c1ccc(CC(=O)OC)cc1. The molecule has 0 heterocycles. The van der Waals surface area contributed by atoms with Crippen LogP contribution in [0.5, 0.6) is 0 Å². The van der Waals surface area contributed by atoms with E-state index in [1.54, 1.807) is 12.1 Å². The molecule has 1 aliphatic rings. The molecule has 2 unspecified atom stereocenters. The number of carbonyl (C=O) groups excluding carboxylic acids is 1. The van der Waals surface area contributed by atoms with Gasteiger partial charge in [-0.3, -0.25) is 4.79 Å². The van der Waals surface area contributed by atoms with Crippen LogP contribution in [0.1, 0.15) is 25.3 Å². The molecule has 1 aromatic carbocycles. The van der Waals surface area contributed by atoms with E-state index < -0.39 is 10.0 Å². The van der Waals surface area contributed by atoms with Crippen LogP contribution < -0.4 is 4.72 Å². The summed E-state index contributed by atoms with van der Waals surface area (Å²) in [7, 11) is -2.13. The lowest BCUT2D eigenvalue weighted by Crippen LogP contribution is -2.27. The Hall–Kier alpha value is -1.40. The van der Waals surface area contributed by atoms with Crippen LogP contribution in [0.25, 0.3) is 0 Å².